The lowest BCUT2D eigenvalue weighted by molar-refractivity contribution is 0.0987. The van der Waals surface area contributed by atoms with Crippen molar-refractivity contribution in [3.8, 4) is 5.75 Å². The molecule has 1 aliphatic rings. The molecule has 8 heteroatoms. The number of carbonyl (C=O) groups is 1. The first-order chi connectivity index (χ1) is 17.4. The van der Waals surface area contributed by atoms with Crippen LogP contribution in [0.3, 0.4) is 0 Å². The van der Waals surface area contributed by atoms with E-state index in [4.69, 9.17) is 16.3 Å². The van der Waals surface area contributed by atoms with E-state index in [9.17, 15) is 4.79 Å². The minimum atomic E-state index is 0.0649. The van der Waals surface area contributed by atoms with E-state index in [1.54, 1.807) is 13.2 Å². The lowest BCUT2D eigenvalue weighted by Gasteiger charge is -2.37. The van der Waals surface area contributed by atoms with Crippen LogP contribution in [0.15, 0.2) is 48.8 Å². The van der Waals surface area contributed by atoms with Crippen LogP contribution in [0.5, 0.6) is 5.75 Å². The van der Waals surface area contributed by atoms with Gasteiger partial charge in [0.1, 0.15) is 5.75 Å². The van der Waals surface area contributed by atoms with Gasteiger partial charge in [0, 0.05) is 60.9 Å². The normalized spacial score (nSPS) is 17.6. The maximum absolute atomic E-state index is 12.2. The average Bonchev–Trinajstić information content (AvgIpc) is 2.88. The summed E-state index contributed by atoms with van der Waals surface area (Å²) in [5.74, 6) is 1.13. The first-order valence-electron chi connectivity index (χ1n) is 12.4. The molecule has 0 unspecified atom stereocenters. The number of Topliss-reactive ketones (excluding diaryl/α,β-unsaturated/α-hetero) is 1. The molecule has 190 valence electrons. The second-order valence-electron chi connectivity index (χ2n) is 9.39. The molecular formula is C28H34ClN5O2. The van der Waals surface area contributed by atoms with Gasteiger partial charge in [-0.2, -0.15) is 0 Å². The lowest BCUT2D eigenvalue weighted by atomic mass is 10.0. The molecule has 4 rings (SSSR count). The first-order valence-corrected chi connectivity index (χ1v) is 12.8. The molecule has 0 amide bonds. The summed E-state index contributed by atoms with van der Waals surface area (Å²) in [5.41, 5.74) is 4.65. The van der Waals surface area contributed by atoms with Gasteiger partial charge in [0.05, 0.1) is 12.1 Å². The van der Waals surface area contributed by atoms with Gasteiger partial charge in [-0.3, -0.25) is 4.79 Å². The number of nitrogens with zero attached hydrogens (tertiary/aromatic N) is 3. The SMILES string of the molecule is CCC(=O)c1cc(CCc2cnc(Nc3ccc(N4C[C@@H](C)N[C@@H](C)C4)cc3)nc2)c(Cl)c(OC)c1. The number of aryl methyl sites for hydroxylation is 2. The number of hydrogen-bond acceptors (Lipinski definition) is 7. The molecule has 0 bridgehead atoms. The van der Waals surface area contributed by atoms with Gasteiger partial charge in [-0.05, 0) is 74.2 Å². The minimum Gasteiger partial charge on any atom is -0.495 e. The number of anilines is 3. The highest BCUT2D eigenvalue weighted by Gasteiger charge is 2.21. The second-order valence-corrected chi connectivity index (χ2v) is 9.77. The van der Waals surface area contributed by atoms with Gasteiger partial charge >= 0.3 is 0 Å². The Morgan fingerprint density at radius 2 is 1.78 bits per heavy atom. The predicted molar refractivity (Wildman–Crippen MR) is 146 cm³/mol. The Morgan fingerprint density at radius 1 is 1.11 bits per heavy atom. The second kappa shape index (κ2) is 11.7. The van der Waals surface area contributed by atoms with Gasteiger partial charge in [0.25, 0.3) is 0 Å². The van der Waals surface area contributed by atoms with E-state index in [-0.39, 0.29) is 5.78 Å². The summed E-state index contributed by atoms with van der Waals surface area (Å²) in [5, 5.41) is 7.38. The Morgan fingerprint density at radius 3 is 2.39 bits per heavy atom. The van der Waals surface area contributed by atoms with Crippen LogP contribution in [0, 0.1) is 0 Å². The highest BCUT2D eigenvalue weighted by atomic mass is 35.5. The zero-order valence-electron chi connectivity index (χ0n) is 21.3. The molecule has 1 aromatic heterocycles. The topological polar surface area (TPSA) is 79.4 Å². The number of rotatable bonds is 9. The highest BCUT2D eigenvalue weighted by Crippen LogP contribution is 2.31. The van der Waals surface area contributed by atoms with Crippen molar-refractivity contribution in [2.24, 2.45) is 0 Å². The molecule has 1 aliphatic heterocycles. The van der Waals surface area contributed by atoms with E-state index in [0.29, 0.717) is 53.6 Å². The number of nitrogens with one attached hydrogen (secondary N) is 2. The Hall–Kier alpha value is -3.16. The van der Waals surface area contributed by atoms with Crippen LogP contribution in [-0.2, 0) is 12.8 Å². The number of carbonyl (C=O) groups excluding carboxylic acids is 1. The molecule has 2 aromatic carbocycles. The molecule has 2 heterocycles. The fraction of sp³-hybridized carbons (Fsp3) is 0.393. The lowest BCUT2D eigenvalue weighted by Crippen LogP contribution is -2.54. The molecule has 0 radical (unpaired) electrons. The number of hydrogen-bond donors (Lipinski definition) is 2. The van der Waals surface area contributed by atoms with Gasteiger partial charge in [-0.1, -0.05) is 18.5 Å². The van der Waals surface area contributed by atoms with Gasteiger partial charge < -0.3 is 20.3 Å². The van der Waals surface area contributed by atoms with Crippen molar-refractivity contribution in [3.05, 3.63) is 70.5 Å². The Balaban J connectivity index is 1.37. The molecular weight excluding hydrogens is 474 g/mol. The average molecular weight is 508 g/mol. The molecule has 7 nitrogen and oxygen atoms in total. The number of ether oxygens (including phenoxy) is 1. The highest BCUT2D eigenvalue weighted by molar-refractivity contribution is 6.33. The summed E-state index contributed by atoms with van der Waals surface area (Å²) in [6.07, 6.45) is 5.42. The van der Waals surface area contributed by atoms with Crippen LogP contribution in [0.2, 0.25) is 5.02 Å². The summed E-state index contributed by atoms with van der Waals surface area (Å²) in [6, 6.07) is 12.9. The zero-order chi connectivity index (χ0) is 25.7. The van der Waals surface area contributed by atoms with Crippen LogP contribution in [0.1, 0.15) is 48.7 Å². The summed E-state index contributed by atoms with van der Waals surface area (Å²) in [7, 11) is 1.56. The van der Waals surface area contributed by atoms with Gasteiger partial charge in [-0.15, -0.1) is 0 Å². The van der Waals surface area contributed by atoms with Crippen LogP contribution in [-0.4, -0.2) is 48.0 Å². The monoisotopic (exact) mass is 507 g/mol. The fourth-order valence-corrected chi connectivity index (χ4v) is 4.88. The van der Waals surface area contributed by atoms with Crippen molar-refractivity contribution in [2.45, 2.75) is 52.1 Å². The number of halogens is 1. The number of piperazine rings is 1. The molecule has 3 aromatic rings. The van der Waals surface area contributed by atoms with Crippen molar-refractivity contribution in [2.75, 3.05) is 30.4 Å². The number of benzene rings is 2. The van der Waals surface area contributed by atoms with E-state index >= 15 is 0 Å². The molecule has 0 spiro atoms. The quantitative estimate of drug-likeness (QED) is 0.373. The standard InChI is InChI=1S/C28H34ClN5O2/c1-5-25(35)22-12-21(27(29)26(13-22)36-4)7-6-20-14-30-28(31-15-20)33-23-8-10-24(11-9-23)34-16-18(2)32-19(3)17-34/h8-15,18-19,32H,5-7,16-17H2,1-4H3,(H,30,31,33)/t18-,19+. The largest absolute Gasteiger partial charge is 0.495 e. The molecule has 2 N–H and O–H groups in total. The summed E-state index contributed by atoms with van der Waals surface area (Å²) >= 11 is 6.50. The van der Waals surface area contributed by atoms with Crippen LogP contribution < -0.4 is 20.3 Å². The molecule has 1 fully saturated rings. The van der Waals surface area contributed by atoms with Crippen molar-refractivity contribution < 1.29 is 9.53 Å². The van der Waals surface area contributed by atoms with E-state index in [0.717, 1.165) is 29.9 Å². The number of ketones is 1. The van der Waals surface area contributed by atoms with Crippen LogP contribution in [0.25, 0.3) is 0 Å². The van der Waals surface area contributed by atoms with E-state index in [1.807, 2.05) is 25.4 Å². The third-order valence-corrected chi connectivity index (χ3v) is 6.84. The Labute approximate surface area is 218 Å². The minimum absolute atomic E-state index is 0.0649. The summed E-state index contributed by atoms with van der Waals surface area (Å²) in [6.45, 7) is 8.28. The Bertz CT molecular complexity index is 1170. The van der Waals surface area contributed by atoms with Crippen molar-refractivity contribution in [1.82, 2.24) is 15.3 Å². The predicted octanol–water partition coefficient (Wildman–Crippen LogP) is 5.45. The third-order valence-electron chi connectivity index (χ3n) is 6.41. The molecule has 36 heavy (non-hydrogen) atoms. The van der Waals surface area contributed by atoms with Crippen molar-refractivity contribution >= 4 is 34.7 Å². The molecule has 0 saturated carbocycles. The van der Waals surface area contributed by atoms with Crippen LogP contribution >= 0.6 is 11.6 Å². The number of aromatic nitrogens is 2. The van der Waals surface area contributed by atoms with E-state index in [2.05, 4.69) is 63.6 Å². The smallest absolute Gasteiger partial charge is 0.227 e. The van der Waals surface area contributed by atoms with E-state index < -0.39 is 0 Å². The first kappa shape index (κ1) is 25.9. The summed E-state index contributed by atoms with van der Waals surface area (Å²) in [4.78, 5) is 23.6. The Kier molecular flexibility index (Phi) is 8.44. The molecule has 0 aliphatic carbocycles. The van der Waals surface area contributed by atoms with Crippen molar-refractivity contribution in [1.29, 1.82) is 0 Å². The zero-order valence-corrected chi connectivity index (χ0v) is 22.1. The van der Waals surface area contributed by atoms with Crippen molar-refractivity contribution in [3.63, 3.8) is 0 Å². The van der Waals surface area contributed by atoms with Gasteiger partial charge in [-0.25, -0.2) is 9.97 Å². The maximum atomic E-state index is 12.2. The molecule has 1 saturated heterocycles. The van der Waals surface area contributed by atoms with Gasteiger partial charge in [0.2, 0.25) is 5.95 Å². The van der Waals surface area contributed by atoms with Crippen LogP contribution in [0.4, 0.5) is 17.3 Å². The maximum Gasteiger partial charge on any atom is 0.227 e. The fourth-order valence-electron chi connectivity index (χ4n) is 4.60. The third kappa shape index (κ3) is 6.33. The summed E-state index contributed by atoms with van der Waals surface area (Å²) < 4.78 is 5.37. The molecule has 2 atom stereocenters. The van der Waals surface area contributed by atoms with E-state index in [1.165, 1.54) is 5.69 Å². The van der Waals surface area contributed by atoms with Gasteiger partial charge in [0.15, 0.2) is 5.78 Å². The number of methoxy groups -OCH3 is 1.